The zero-order chi connectivity index (χ0) is 20.4. The number of carbonyl (C=O) groups excluding carboxylic acids is 1. The number of hydrogen-bond acceptors (Lipinski definition) is 4. The summed E-state index contributed by atoms with van der Waals surface area (Å²) in [6.07, 6.45) is 5.07. The molecule has 1 aliphatic heterocycles. The maximum absolute atomic E-state index is 12.7. The Bertz CT molecular complexity index is 1080. The van der Waals surface area contributed by atoms with E-state index in [0.717, 1.165) is 37.1 Å². The SMILES string of the molecule is CCN1CCC(CCNC(=O)c2ccc3c(c2)n(CC)c(=O)c2ccnn23)CC1. The predicted octanol–water partition coefficient (Wildman–Crippen LogP) is 2.52. The second-order valence-corrected chi connectivity index (χ2v) is 7.80. The van der Waals surface area contributed by atoms with Crippen LogP contribution in [0.5, 0.6) is 0 Å². The highest BCUT2D eigenvalue weighted by atomic mass is 16.1. The molecule has 29 heavy (non-hydrogen) atoms. The van der Waals surface area contributed by atoms with Gasteiger partial charge in [0, 0.05) is 18.7 Å². The minimum atomic E-state index is -0.0894. The van der Waals surface area contributed by atoms with Crippen molar-refractivity contribution in [1.29, 1.82) is 0 Å². The van der Waals surface area contributed by atoms with Crippen LogP contribution in [0.2, 0.25) is 0 Å². The molecule has 1 amide bonds. The zero-order valence-corrected chi connectivity index (χ0v) is 17.2. The lowest BCUT2D eigenvalue weighted by molar-refractivity contribution is 0.0948. The van der Waals surface area contributed by atoms with Gasteiger partial charge in [0.15, 0.2) is 0 Å². The highest BCUT2D eigenvalue weighted by Gasteiger charge is 2.18. The Kier molecular flexibility index (Phi) is 5.67. The van der Waals surface area contributed by atoms with Gasteiger partial charge in [0.05, 0.1) is 17.2 Å². The highest BCUT2D eigenvalue weighted by Crippen LogP contribution is 2.20. The summed E-state index contributed by atoms with van der Waals surface area (Å²) >= 11 is 0. The van der Waals surface area contributed by atoms with Crippen molar-refractivity contribution in [2.75, 3.05) is 26.2 Å². The van der Waals surface area contributed by atoms with Gasteiger partial charge >= 0.3 is 0 Å². The van der Waals surface area contributed by atoms with E-state index in [4.69, 9.17) is 0 Å². The highest BCUT2D eigenvalue weighted by molar-refractivity contribution is 5.97. The molecule has 0 saturated carbocycles. The largest absolute Gasteiger partial charge is 0.352 e. The van der Waals surface area contributed by atoms with Gasteiger partial charge in [-0.1, -0.05) is 6.92 Å². The lowest BCUT2D eigenvalue weighted by atomic mass is 9.93. The monoisotopic (exact) mass is 395 g/mol. The van der Waals surface area contributed by atoms with Crippen molar-refractivity contribution in [1.82, 2.24) is 24.4 Å². The Morgan fingerprint density at radius 1 is 1.10 bits per heavy atom. The van der Waals surface area contributed by atoms with Gasteiger partial charge in [-0.15, -0.1) is 0 Å². The molecule has 0 radical (unpaired) electrons. The molecular weight excluding hydrogens is 366 g/mol. The third-order valence-electron chi connectivity index (χ3n) is 6.17. The Morgan fingerprint density at radius 3 is 2.62 bits per heavy atom. The number of benzene rings is 1. The summed E-state index contributed by atoms with van der Waals surface area (Å²) in [7, 11) is 0. The van der Waals surface area contributed by atoms with Gasteiger partial charge in [-0.05, 0) is 76.0 Å². The van der Waals surface area contributed by atoms with Crippen LogP contribution in [-0.4, -0.2) is 51.2 Å². The molecule has 3 heterocycles. The maximum atomic E-state index is 12.7. The fraction of sp³-hybridized carbons (Fsp3) is 0.500. The summed E-state index contributed by atoms with van der Waals surface area (Å²) < 4.78 is 3.35. The summed E-state index contributed by atoms with van der Waals surface area (Å²) in [5.74, 6) is 0.599. The van der Waals surface area contributed by atoms with Crippen LogP contribution in [-0.2, 0) is 6.54 Å². The molecule has 0 unspecified atom stereocenters. The van der Waals surface area contributed by atoms with Gasteiger partial charge in [-0.3, -0.25) is 9.59 Å². The van der Waals surface area contributed by atoms with Crippen LogP contribution in [0.4, 0.5) is 0 Å². The zero-order valence-electron chi connectivity index (χ0n) is 17.2. The number of amides is 1. The Hall–Kier alpha value is -2.67. The smallest absolute Gasteiger partial charge is 0.277 e. The van der Waals surface area contributed by atoms with Gasteiger partial charge in [0.1, 0.15) is 5.52 Å². The summed E-state index contributed by atoms with van der Waals surface area (Å²) in [6.45, 7) is 8.82. The molecule has 4 rings (SSSR count). The summed E-state index contributed by atoms with van der Waals surface area (Å²) in [5.41, 5.74) is 2.59. The topological polar surface area (TPSA) is 71.6 Å². The minimum Gasteiger partial charge on any atom is -0.352 e. The Morgan fingerprint density at radius 2 is 1.90 bits per heavy atom. The molecule has 1 aliphatic rings. The molecule has 1 N–H and O–H groups in total. The van der Waals surface area contributed by atoms with E-state index in [1.54, 1.807) is 27.4 Å². The van der Waals surface area contributed by atoms with Crippen molar-refractivity contribution in [3.05, 3.63) is 46.4 Å². The first-order valence-corrected chi connectivity index (χ1v) is 10.6. The average molecular weight is 396 g/mol. The number of likely N-dealkylation sites (tertiary alicyclic amines) is 1. The lowest BCUT2D eigenvalue weighted by Gasteiger charge is -2.31. The fourth-order valence-corrected chi connectivity index (χ4v) is 4.36. The summed E-state index contributed by atoms with van der Waals surface area (Å²) in [6, 6.07) is 7.20. The number of aryl methyl sites for hydroxylation is 1. The van der Waals surface area contributed by atoms with E-state index in [1.165, 1.54) is 12.8 Å². The molecule has 7 heteroatoms. The number of carbonyl (C=O) groups is 1. The molecule has 0 bridgehead atoms. The van der Waals surface area contributed by atoms with Gasteiger partial charge in [-0.2, -0.15) is 5.10 Å². The standard InChI is InChI=1S/C22H29N5O2/c1-3-25-13-9-16(10-14-25)7-11-23-21(28)17-5-6-18-20(15-17)26(4-2)22(29)19-8-12-24-27(18)19/h5-6,8,12,15-16H,3-4,7,9-11,13-14H2,1-2H3,(H,23,28). The van der Waals surface area contributed by atoms with E-state index >= 15 is 0 Å². The van der Waals surface area contributed by atoms with Gasteiger partial charge < -0.3 is 14.8 Å². The van der Waals surface area contributed by atoms with Crippen LogP contribution in [0.1, 0.15) is 43.5 Å². The molecule has 1 saturated heterocycles. The second kappa shape index (κ2) is 8.37. The quantitative estimate of drug-likeness (QED) is 0.696. The Balaban J connectivity index is 1.48. The first-order valence-electron chi connectivity index (χ1n) is 10.6. The average Bonchev–Trinajstić information content (AvgIpc) is 3.25. The third kappa shape index (κ3) is 3.79. The van der Waals surface area contributed by atoms with Gasteiger partial charge in [0.25, 0.3) is 11.5 Å². The normalized spacial score (nSPS) is 15.9. The summed E-state index contributed by atoms with van der Waals surface area (Å²) in [5, 5.41) is 7.33. The van der Waals surface area contributed by atoms with Gasteiger partial charge in [-0.25, -0.2) is 4.52 Å². The molecular formula is C22H29N5O2. The molecule has 2 aromatic heterocycles. The van der Waals surface area contributed by atoms with Crippen molar-refractivity contribution < 1.29 is 4.79 Å². The van der Waals surface area contributed by atoms with Crippen LogP contribution in [0, 0.1) is 5.92 Å². The van der Waals surface area contributed by atoms with Crippen LogP contribution in [0.3, 0.4) is 0 Å². The number of rotatable bonds is 6. The number of fused-ring (bicyclic) bond motifs is 3. The van der Waals surface area contributed by atoms with Crippen molar-refractivity contribution in [2.24, 2.45) is 5.92 Å². The van der Waals surface area contributed by atoms with Crippen molar-refractivity contribution in [3.63, 3.8) is 0 Å². The predicted molar refractivity (Wildman–Crippen MR) is 114 cm³/mol. The number of nitrogens with one attached hydrogen (secondary N) is 1. The minimum absolute atomic E-state index is 0.0893. The first-order chi connectivity index (χ1) is 14.1. The molecule has 0 spiro atoms. The number of aromatic nitrogens is 3. The van der Waals surface area contributed by atoms with Crippen LogP contribution < -0.4 is 10.9 Å². The molecule has 0 aliphatic carbocycles. The van der Waals surface area contributed by atoms with E-state index in [2.05, 4.69) is 22.2 Å². The molecule has 7 nitrogen and oxygen atoms in total. The van der Waals surface area contributed by atoms with Crippen molar-refractivity contribution in [3.8, 4) is 0 Å². The first kappa shape index (κ1) is 19.6. The third-order valence-corrected chi connectivity index (χ3v) is 6.17. The molecule has 154 valence electrons. The van der Waals surface area contributed by atoms with E-state index in [9.17, 15) is 9.59 Å². The van der Waals surface area contributed by atoms with Crippen LogP contribution in [0.25, 0.3) is 16.6 Å². The van der Waals surface area contributed by atoms with E-state index < -0.39 is 0 Å². The van der Waals surface area contributed by atoms with Gasteiger partial charge in [0.2, 0.25) is 0 Å². The summed E-state index contributed by atoms with van der Waals surface area (Å²) in [4.78, 5) is 27.9. The van der Waals surface area contributed by atoms with Crippen molar-refractivity contribution >= 4 is 22.5 Å². The maximum Gasteiger partial charge on any atom is 0.277 e. The fourth-order valence-electron chi connectivity index (χ4n) is 4.36. The second-order valence-electron chi connectivity index (χ2n) is 7.80. The van der Waals surface area contributed by atoms with E-state index in [0.29, 0.717) is 30.1 Å². The number of hydrogen-bond donors (Lipinski definition) is 1. The van der Waals surface area contributed by atoms with Crippen molar-refractivity contribution in [2.45, 2.75) is 39.7 Å². The molecule has 0 atom stereocenters. The molecule has 1 fully saturated rings. The Labute approximate surface area is 170 Å². The lowest BCUT2D eigenvalue weighted by Crippen LogP contribution is -2.35. The molecule has 3 aromatic rings. The van der Waals surface area contributed by atoms with E-state index in [1.807, 2.05) is 19.1 Å². The van der Waals surface area contributed by atoms with Crippen LogP contribution in [0.15, 0.2) is 35.3 Å². The van der Waals surface area contributed by atoms with E-state index in [-0.39, 0.29) is 11.5 Å². The number of piperidine rings is 1. The van der Waals surface area contributed by atoms with Crippen LogP contribution >= 0.6 is 0 Å². The number of nitrogens with zero attached hydrogens (tertiary/aromatic N) is 4. The molecule has 1 aromatic carbocycles.